The molecule has 0 aliphatic rings. The summed E-state index contributed by atoms with van der Waals surface area (Å²) in [5.41, 5.74) is 2.64. The Bertz CT molecular complexity index is 1460. The second-order valence-corrected chi connectivity index (χ2v) is 10.5. The van der Waals surface area contributed by atoms with Gasteiger partial charge in [-0.2, -0.15) is 0 Å². The highest BCUT2D eigenvalue weighted by atomic mass is 32.2. The Labute approximate surface area is 205 Å². The van der Waals surface area contributed by atoms with Crippen molar-refractivity contribution in [1.29, 1.82) is 0 Å². The highest BCUT2D eigenvalue weighted by Gasteiger charge is 2.12. The lowest BCUT2D eigenvalue weighted by molar-refractivity contribution is 0.0696. The average molecular weight is 490 g/mol. The number of sulfone groups is 1. The molecule has 0 heterocycles. The number of nitrogens with one attached hydrogen (secondary N) is 1. The minimum absolute atomic E-state index is 0.0989. The zero-order valence-corrected chi connectivity index (χ0v) is 20.4. The molecule has 7 heteroatoms. The van der Waals surface area contributed by atoms with Gasteiger partial charge >= 0.3 is 5.97 Å². The van der Waals surface area contributed by atoms with Crippen LogP contribution in [-0.4, -0.2) is 38.9 Å². The largest absolute Gasteiger partial charge is 0.492 e. The summed E-state index contributed by atoms with van der Waals surface area (Å²) in [5.74, 6) is -0.626. The first-order chi connectivity index (χ1) is 16.7. The van der Waals surface area contributed by atoms with Gasteiger partial charge in [0.2, 0.25) is 0 Å². The molecule has 0 saturated carbocycles. The maximum Gasteiger partial charge on any atom is 0.335 e. The smallest absolute Gasteiger partial charge is 0.335 e. The van der Waals surface area contributed by atoms with Gasteiger partial charge in [0.1, 0.15) is 12.4 Å². The fourth-order valence-corrected chi connectivity index (χ4v) is 4.68. The first kappa shape index (κ1) is 24.4. The van der Waals surface area contributed by atoms with Crippen LogP contribution in [0.5, 0.6) is 5.75 Å². The first-order valence-electron chi connectivity index (χ1n) is 11.2. The molecule has 0 saturated heterocycles. The van der Waals surface area contributed by atoms with Crippen LogP contribution >= 0.6 is 0 Å². The summed E-state index contributed by atoms with van der Waals surface area (Å²) in [5, 5.41) is 15.4. The van der Waals surface area contributed by atoms with Crippen LogP contribution in [0.4, 0.5) is 0 Å². The second-order valence-electron chi connectivity index (χ2n) is 8.44. The number of rotatable bonds is 9. The molecule has 0 bridgehead atoms. The van der Waals surface area contributed by atoms with Crippen molar-refractivity contribution in [3.63, 3.8) is 0 Å². The van der Waals surface area contributed by atoms with E-state index in [4.69, 9.17) is 4.74 Å². The zero-order chi connectivity index (χ0) is 25.0. The van der Waals surface area contributed by atoms with Crippen molar-refractivity contribution in [2.75, 3.05) is 19.4 Å². The molecule has 0 radical (unpaired) electrons. The quantitative estimate of drug-likeness (QED) is 0.309. The molecule has 2 N–H and O–H groups in total. The molecule has 180 valence electrons. The molecule has 4 aromatic carbocycles. The van der Waals surface area contributed by atoms with Crippen molar-refractivity contribution >= 4 is 26.6 Å². The van der Waals surface area contributed by atoms with Gasteiger partial charge in [-0.15, -0.1) is 0 Å². The normalized spacial score (nSPS) is 12.4. The Balaban J connectivity index is 1.45. The van der Waals surface area contributed by atoms with E-state index >= 15 is 0 Å². The van der Waals surface area contributed by atoms with Crippen LogP contribution in [0.25, 0.3) is 21.9 Å². The van der Waals surface area contributed by atoms with E-state index in [1.165, 1.54) is 34.5 Å². The lowest BCUT2D eigenvalue weighted by atomic mass is 10.00. The third-order valence-electron chi connectivity index (χ3n) is 5.88. The standard InChI is InChI=1S/C28H27NO5S/c1-19(26-9-5-7-21-6-3-4-8-27(21)26)29-14-15-34-24-17-22(16-23(18-24)28(30)31)20-10-12-25(13-11-20)35(2,32)33/h3-13,16-19,29H,14-15H2,1-2H3,(H,30,31). The van der Waals surface area contributed by atoms with Crippen LogP contribution in [0, 0.1) is 0 Å². The van der Waals surface area contributed by atoms with E-state index in [-0.39, 0.29) is 16.5 Å². The van der Waals surface area contributed by atoms with Crippen LogP contribution in [0.15, 0.2) is 89.8 Å². The van der Waals surface area contributed by atoms with Crippen LogP contribution in [0.3, 0.4) is 0 Å². The number of hydrogen-bond donors (Lipinski definition) is 2. The van der Waals surface area contributed by atoms with Crippen LogP contribution in [-0.2, 0) is 9.84 Å². The van der Waals surface area contributed by atoms with Gasteiger partial charge in [-0.05, 0) is 64.7 Å². The molecular formula is C28H27NO5S. The number of carboxylic acids is 1. The number of carbonyl (C=O) groups is 1. The van der Waals surface area contributed by atoms with Gasteiger partial charge in [0, 0.05) is 18.8 Å². The minimum Gasteiger partial charge on any atom is -0.492 e. The molecule has 6 nitrogen and oxygen atoms in total. The summed E-state index contributed by atoms with van der Waals surface area (Å²) in [6.07, 6.45) is 1.15. The minimum atomic E-state index is -3.31. The maximum absolute atomic E-state index is 11.7. The molecular weight excluding hydrogens is 462 g/mol. The third kappa shape index (κ3) is 5.88. The molecule has 0 aromatic heterocycles. The van der Waals surface area contributed by atoms with Crippen molar-refractivity contribution in [3.8, 4) is 16.9 Å². The predicted molar refractivity (Wildman–Crippen MR) is 138 cm³/mol. The van der Waals surface area contributed by atoms with E-state index in [1.54, 1.807) is 24.3 Å². The van der Waals surface area contributed by atoms with Gasteiger partial charge in [0.15, 0.2) is 9.84 Å². The molecule has 0 aliphatic carbocycles. The number of aromatic carboxylic acids is 1. The van der Waals surface area contributed by atoms with Gasteiger partial charge in [0.05, 0.1) is 10.5 Å². The van der Waals surface area contributed by atoms with Gasteiger partial charge in [-0.3, -0.25) is 0 Å². The Hall–Kier alpha value is -3.68. The number of benzene rings is 4. The first-order valence-corrected chi connectivity index (χ1v) is 13.1. The van der Waals surface area contributed by atoms with Crippen molar-refractivity contribution in [2.24, 2.45) is 0 Å². The summed E-state index contributed by atoms with van der Waals surface area (Å²) >= 11 is 0. The van der Waals surface area contributed by atoms with E-state index in [0.29, 0.717) is 30.0 Å². The topological polar surface area (TPSA) is 92.7 Å². The number of ether oxygens (including phenoxy) is 1. The lowest BCUT2D eigenvalue weighted by Crippen LogP contribution is -2.24. The van der Waals surface area contributed by atoms with Gasteiger partial charge in [-0.1, -0.05) is 54.6 Å². The summed E-state index contributed by atoms with van der Waals surface area (Å²) < 4.78 is 29.3. The van der Waals surface area contributed by atoms with E-state index < -0.39 is 15.8 Å². The molecule has 0 spiro atoms. The van der Waals surface area contributed by atoms with Crippen LogP contribution in [0.2, 0.25) is 0 Å². The van der Waals surface area contributed by atoms with Gasteiger partial charge < -0.3 is 15.2 Å². The van der Waals surface area contributed by atoms with Crippen molar-refractivity contribution in [1.82, 2.24) is 5.32 Å². The molecule has 0 fully saturated rings. The molecule has 1 unspecified atom stereocenters. The van der Waals surface area contributed by atoms with Crippen LogP contribution < -0.4 is 10.1 Å². The van der Waals surface area contributed by atoms with Crippen molar-refractivity contribution < 1.29 is 23.1 Å². The molecule has 4 aromatic rings. The molecule has 0 aliphatic heterocycles. The van der Waals surface area contributed by atoms with E-state index in [0.717, 1.165) is 6.26 Å². The Kier molecular flexibility index (Phi) is 7.19. The zero-order valence-electron chi connectivity index (χ0n) is 19.6. The monoisotopic (exact) mass is 489 g/mol. The van der Waals surface area contributed by atoms with E-state index in [1.807, 2.05) is 18.2 Å². The Morgan fingerprint density at radius 3 is 2.37 bits per heavy atom. The second kappa shape index (κ2) is 10.3. The van der Waals surface area contributed by atoms with E-state index in [9.17, 15) is 18.3 Å². The fraction of sp³-hybridized carbons (Fsp3) is 0.179. The van der Waals surface area contributed by atoms with Crippen molar-refractivity contribution in [3.05, 3.63) is 96.1 Å². The third-order valence-corrected chi connectivity index (χ3v) is 7.01. The van der Waals surface area contributed by atoms with Crippen molar-refractivity contribution in [2.45, 2.75) is 17.9 Å². The van der Waals surface area contributed by atoms with Gasteiger partial charge in [-0.25, -0.2) is 13.2 Å². The molecule has 0 amide bonds. The Morgan fingerprint density at radius 1 is 0.943 bits per heavy atom. The lowest BCUT2D eigenvalue weighted by Gasteiger charge is -2.17. The molecule has 1 atom stereocenters. The molecule has 4 rings (SSSR count). The van der Waals surface area contributed by atoms with Gasteiger partial charge in [0.25, 0.3) is 0 Å². The average Bonchev–Trinajstić information content (AvgIpc) is 2.85. The summed E-state index contributed by atoms with van der Waals surface area (Å²) in [6, 6.07) is 25.8. The number of fused-ring (bicyclic) bond motifs is 1. The van der Waals surface area contributed by atoms with Crippen LogP contribution in [0.1, 0.15) is 28.9 Å². The number of hydrogen-bond acceptors (Lipinski definition) is 5. The van der Waals surface area contributed by atoms with E-state index in [2.05, 4.69) is 36.5 Å². The maximum atomic E-state index is 11.7. The highest BCUT2D eigenvalue weighted by Crippen LogP contribution is 2.28. The number of carboxylic acid groups (broad SMARTS) is 1. The fourth-order valence-electron chi connectivity index (χ4n) is 4.05. The highest BCUT2D eigenvalue weighted by molar-refractivity contribution is 7.90. The predicted octanol–water partition coefficient (Wildman–Crippen LogP) is 5.34. The molecule has 35 heavy (non-hydrogen) atoms. The SMILES string of the molecule is CC(NCCOc1cc(C(=O)O)cc(-c2ccc(S(C)(=O)=O)cc2)c1)c1cccc2ccccc12. The summed E-state index contributed by atoms with van der Waals surface area (Å²) in [6.45, 7) is 3.02. The summed E-state index contributed by atoms with van der Waals surface area (Å²) in [4.78, 5) is 11.9. The Morgan fingerprint density at radius 2 is 1.66 bits per heavy atom. The summed E-state index contributed by atoms with van der Waals surface area (Å²) in [7, 11) is -3.31.